The average Bonchev–Trinajstić information content (AvgIpc) is 3.39. The molecule has 0 bridgehead atoms. The van der Waals surface area contributed by atoms with Crippen LogP contribution in [-0.2, 0) is 5.41 Å². The van der Waals surface area contributed by atoms with Crippen molar-refractivity contribution in [2.75, 3.05) is 5.32 Å². The number of para-hydroxylation sites is 1. The van der Waals surface area contributed by atoms with Crippen LogP contribution in [0.3, 0.4) is 0 Å². The molecule has 0 radical (unpaired) electrons. The molecule has 0 aliphatic carbocycles. The minimum Gasteiger partial charge on any atom is -0.334 e. The maximum absolute atomic E-state index is 12.8. The van der Waals surface area contributed by atoms with Gasteiger partial charge in [0.05, 0.1) is 16.1 Å². The normalized spacial score (nSPS) is 11.4. The van der Waals surface area contributed by atoms with E-state index in [1.165, 1.54) is 5.56 Å². The molecule has 4 aromatic rings. The number of thiophene rings is 1. The summed E-state index contributed by atoms with van der Waals surface area (Å²) in [7, 11) is 0. The smallest absolute Gasteiger partial charge is 0.260 e. The molecular weight excluding hydrogens is 382 g/mol. The molecule has 0 saturated carbocycles. The van der Waals surface area contributed by atoms with Gasteiger partial charge in [0.1, 0.15) is 0 Å². The lowest BCUT2D eigenvalue weighted by molar-refractivity contribution is 0.102. The van der Waals surface area contributed by atoms with Crippen molar-refractivity contribution in [3.05, 3.63) is 77.2 Å². The minimum atomic E-state index is -0.184. The second kappa shape index (κ2) is 7.64. The summed E-state index contributed by atoms with van der Waals surface area (Å²) in [6, 6.07) is 19.0. The number of aromatic nitrogens is 2. The van der Waals surface area contributed by atoms with E-state index in [1.807, 2.05) is 66.0 Å². The van der Waals surface area contributed by atoms with Gasteiger partial charge in [-0.05, 0) is 46.7 Å². The van der Waals surface area contributed by atoms with Gasteiger partial charge in [-0.15, -0.1) is 11.3 Å². The fourth-order valence-corrected chi connectivity index (χ4v) is 3.58. The molecular formula is C23H21N3O2S. The van der Waals surface area contributed by atoms with Crippen molar-refractivity contribution in [1.29, 1.82) is 0 Å². The van der Waals surface area contributed by atoms with E-state index < -0.39 is 0 Å². The molecule has 2 aromatic heterocycles. The van der Waals surface area contributed by atoms with E-state index in [0.717, 1.165) is 4.88 Å². The topological polar surface area (TPSA) is 68.0 Å². The lowest BCUT2D eigenvalue weighted by Crippen LogP contribution is -2.14. The molecule has 2 aromatic carbocycles. The Morgan fingerprint density at radius 3 is 2.45 bits per heavy atom. The van der Waals surface area contributed by atoms with Crippen molar-refractivity contribution >= 4 is 22.9 Å². The van der Waals surface area contributed by atoms with Crippen LogP contribution in [0.25, 0.3) is 22.2 Å². The van der Waals surface area contributed by atoms with E-state index in [4.69, 9.17) is 4.52 Å². The Balaban J connectivity index is 1.58. The number of anilines is 1. The predicted molar refractivity (Wildman–Crippen MR) is 116 cm³/mol. The first-order chi connectivity index (χ1) is 13.9. The van der Waals surface area contributed by atoms with Gasteiger partial charge in [-0.2, -0.15) is 4.98 Å². The highest BCUT2D eigenvalue weighted by atomic mass is 32.1. The fourth-order valence-electron chi connectivity index (χ4n) is 2.93. The molecule has 1 amide bonds. The van der Waals surface area contributed by atoms with E-state index in [0.29, 0.717) is 28.5 Å². The Morgan fingerprint density at radius 2 is 1.76 bits per heavy atom. The number of nitrogens with one attached hydrogen (secondary N) is 1. The predicted octanol–water partition coefficient (Wildman–Crippen LogP) is 6.01. The summed E-state index contributed by atoms with van der Waals surface area (Å²) in [5.74, 6) is 0.720. The van der Waals surface area contributed by atoms with Gasteiger partial charge < -0.3 is 9.84 Å². The van der Waals surface area contributed by atoms with E-state index in [1.54, 1.807) is 11.3 Å². The van der Waals surface area contributed by atoms with Crippen molar-refractivity contribution in [1.82, 2.24) is 10.1 Å². The first kappa shape index (κ1) is 19.1. The van der Waals surface area contributed by atoms with Gasteiger partial charge >= 0.3 is 0 Å². The molecule has 1 N–H and O–H groups in total. The van der Waals surface area contributed by atoms with E-state index >= 15 is 0 Å². The van der Waals surface area contributed by atoms with Crippen LogP contribution >= 0.6 is 11.3 Å². The molecule has 2 heterocycles. The number of hydrogen-bond donors (Lipinski definition) is 1. The molecule has 0 aliphatic rings. The van der Waals surface area contributed by atoms with E-state index in [-0.39, 0.29) is 11.3 Å². The number of carbonyl (C=O) groups excluding carboxylic acids is 1. The molecule has 0 aliphatic heterocycles. The molecule has 4 rings (SSSR count). The van der Waals surface area contributed by atoms with Crippen LogP contribution < -0.4 is 5.32 Å². The summed E-state index contributed by atoms with van der Waals surface area (Å²) < 4.78 is 5.45. The van der Waals surface area contributed by atoms with Crippen molar-refractivity contribution in [3.63, 3.8) is 0 Å². The number of amides is 1. The Morgan fingerprint density at radius 1 is 1.00 bits per heavy atom. The van der Waals surface area contributed by atoms with Crippen LogP contribution in [-0.4, -0.2) is 16.0 Å². The molecule has 0 saturated heterocycles. The van der Waals surface area contributed by atoms with Crippen LogP contribution in [0.5, 0.6) is 0 Å². The minimum absolute atomic E-state index is 0.0415. The van der Waals surface area contributed by atoms with Gasteiger partial charge in [-0.25, -0.2) is 0 Å². The van der Waals surface area contributed by atoms with E-state index in [9.17, 15) is 4.79 Å². The standard InChI is InChI=1S/C23H21N3O2S/c1-23(2,3)16-12-10-15(11-13-16)21(27)24-18-8-5-4-7-17(18)22-25-20(26-28-22)19-9-6-14-29-19/h4-14H,1-3H3,(H,24,27). The Labute approximate surface area is 173 Å². The van der Waals surface area contributed by atoms with Crippen LogP contribution in [0.1, 0.15) is 36.7 Å². The highest BCUT2D eigenvalue weighted by Crippen LogP contribution is 2.30. The van der Waals surface area contributed by atoms with Crippen LogP contribution in [0.15, 0.2) is 70.6 Å². The van der Waals surface area contributed by atoms with Crippen molar-refractivity contribution in [3.8, 4) is 22.2 Å². The Bertz CT molecular complexity index is 1120. The van der Waals surface area contributed by atoms with Crippen LogP contribution in [0.4, 0.5) is 5.69 Å². The lowest BCUT2D eigenvalue weighted by atomic mass is 9.87. The van der Waals surface area contributed by atoms with Crippen molar-refractivity contribution < 1.29 is 9.32 Å². The summed E-state index contributed by atoms with van der Waals surface area (Å²) in [6.07, 6.45) is 0. The second-order valence-electron chi connectivity index (χ2n) is 7.73. The van der Waals surface area contributed by atoms with Crippen LogP contribution in [0.2, 0.25) is 0 Å². The number of rotatable bonds is 4. The van der Waals surface area contributed by atoms with Crippen molar-refractivity contribution in [2.45, 2.75) is 26.2 Å². The maximum atomic E-state index is 12.8. The first-order valence-corrected chi connectivity index (χ1v) is 10.2. The number of carbonyl (C=O) groups is 1. The van der Waals surface area contributed by atoms with Gasteiger partial charge in [0.25, 0.3) is 11.8 Å². The van der Waals surface area contributed by atoms with Gasteiger partial charge in [-0.3, -0.25) is 4.79 Å². The third kappa shape index (κ3) is 4.12. The maximum Gasteiger partial charge on any atom is 0.260 e. The zero-order chi connectivity index (χ0) is 20.4. The molecule has 0 unspecified atom stereocenters. The zero-order valence-electron chi connectivity index (χ0n) is 16.5. The highest BCUT2D eigenvalue weighted by molar-refractivity contribution is 7.13. The molecule has 146 valence electrons. The molecule has 29 heavy (non-hydrogen) atoms. The largest absolute Gasteiger partial charge is 0.334 e. The van der Waals surface area contributed by atoms with Gasteiger partial charge in [-0.1, -0.05) is 56.3 Å². The zero-order valence-corrected chi connectivity index (χ0v) is 17.3. The molecule has 0 spiro atoms. The Hall–Kier alpha value is -3.25. The summed E-state index contributed by atoms with van der Waals surface area (Å²) in [6.45, 7) is 6.44. The van der Waals surface area contributed by atoms with Gasteiger partial charge in [0.2, 0.25) is 5.82 Å². The molecule has 5 nitrogen and oxygen atoms in total. The third-order valence-electron chi connectivity index (χ3n) is 4.59. The Kier molecular flexibility index (Phi) is 5.03. The third-order valence-corrected chi connectivity index (χ3v) is 5.45. The van der Waals surface area contributed by atoms with Crippen LogP contribution in [0, 0.1) is 0 Å². The summed E-state index contributed by atoms with van der Waals surface area (Å²) in [5, 5.41) is 8.98. The van der Waals surface area contributed by atoms with E-state index in [2.05, 4.69) is 36.2 Å². The SMILES string of the molecule is CC(C)(C)c1ccc(C(=O)Nc2ccccc2-c2nc(-c3cccs3)no2)cc1. The number of nitrogens with zero attached hydrogens (tertiary/aromatic N) is 2. The van der Waals surface area contributed by atoms with Crippen molar-refractivity contribution in [2.24, 2.45) is 0 Å². The summed E-state index contributed by atoms with van der Waals surface area (Å²) in [4.78, 5) is 18.2. The fraction of sp³-hybridized carbons (Fsp3) is 0.174. The number of benzene rings is 2. The monoisotopic (exact) mass is 403 g/mol. The van der Waals surface area contributed by atoms with Gasteiger partial charge in [0.15, 0.2) is 0 Å². The summed E-state index contributed by atoms with van der Waals surface area (Å²) >= 11 is 1.54. The number of hydrogen-bond acceptors (Lipinski definition) is 5. The molecule has 6 heteroatoms. The second-order valence-corrected chi connectivity index (χ2v) is 8.68. The molecule has 0 atom stereocenters. The lowest BCUT2D eigenvalue weighted by Gasteiger charge is -2.19. The highest BCUT2D eigenvalue weighted by Gasteiger charge is 2.17. The van der Waals surface area contributed by atoms with Gasteiger partial charge in [0, 0.05) is 5.56 Å². The average molecular weight is 404 g/mol. The quantitative estimate of drug-likeness (QED) is 0.453. The molecule has 0 fully saturated rings. The first-order valence-electron chi connectivity index (χ1n) is 9.31. The summed E-state index contributed by atoms with van der Waals surface area (Å²) in [5.41, 5.74) is 3.13.